The van der Waals surface area contributed by atoms with Gasteiger partial charge in [-0.1, -0.05) is 13.8 Å². The minimum absolute atomic E-state index is 0.144. The number of hydrogen-bond acceptors (Lipinski definition) is 4. The zero-order valence-electron chi connectivity index (χ0n) is 10.9. The Morgan fingerprint density at radius 1 is 1.18 bits per heavy atom. The van der Waals surface area contributed by atoms with Gasteiger partial charge in [-0.2, -0.15) is 0 Å². The van der Waals surface area contributed by atoms with E-state index in [0.29, 0.717) is 6.54 Å². The molecule has 0 aliphatic carbocycles. The predicted octanol–water partition coefficient (Wildman–Crippen LogP) is -1.10. The molecule has 0 radical (unpaired) electrons. The van der Waals surface area contributed by atoms with Crippen molar-refractivity contribution < 1.29 is 14.7 Å². The molecule has 0 heterocycles. The van der Waals surface area contributed by atoms with Crippen LogP contribution in [0.5, 0.6) is 0 Å². The summed E-state index contributed by atoms with van der Waals surface area (Å²) >= 11 is 0. The van der Waals surface area contributed by atoms with Gasteiger partial charge in [-0.25, -0.2) is 0 Å². The molecule has 0 saturated carbocycles. The average Bonchev–Trinajstić information content (AvgIpc) is 2.33. The molecule has 0 bridgehead atoms. The number of likely N-dealkylation sites (N-methyl/N-ethyl adjacent to an activating group) is 2. The smallest absolute Gasteiger partial charge is 0.311 e. The van der Waals surface area contributed by atoms with Gasteiger partial charge in [-0.05, 0) is 13.1 Å². The fraction of sp³-hybridized carbons (Fsp3) is 0.818. The van der Waals surface area contributed by atoms with Gasteiger partial charge >= 0.3 is 11.8 Å². The Hall–Kier alpha value is -1.14. The third-order valence-electron chi connectivity index (χ3n) is 2.58. The molecule has 0 aromatic carbocycles. The van der Waals surface area contributed by atoms with Crippen LogP contribution in [-0.4, -0.2) is 73.1 Å². The fourth-order valence-electron chi connectivity index (χ4n) is 1.37. The van der Waals surface area contributed by atoms with Gasteiger partial charge in [0.15, 0.2) is 0 Å². The van der Waals surface area contributed by atoms with Gasteiger partial charge in [0.05, 0.1) is 6.61 Å². The van der Waals surface area contributed by atoms with Crippen molar-refractivity contribution in [1.29, 1.82) is 0 Å². The molecule has 17 heavy (non-hydrogen) atoms. The van der Waals surface area contributed by atoms with E-state index in [1.165, 1.54) is 11.9 Å². The first-order valence-corrected chi connectivity index (χ1v) is 5.93. The van der Waals surface area contributed by atoms with Crippen LogP contribution < -0.4 is 5.32 Å². The van der Waals surface area contributed by atoms with Crippen LogP contribution in [-0.2, 0) is 9.59 Å². The van der Waals surface area contributed by atoms with Crippen molar-refractivity contribution in [3.8, 4) is 0 Å². The molecule has 6 nitrogen and oxygen atoms in total. The number of aliphatic hydroxyl groups excluding tert-OH is 1. The molecule has 2 amide bonds. The van der Waals surface area contributed by atoms with E-state index < -0.39 is 11.8 Å². The third-order valence-corrected chi connectivity index (χ3v) is 2.58. The molecule has 0 unspecified atom stereocenters. The standard InChI is InChI=1S/C11H23N3O3/c1-4-14(5-2)7-6-12-10(16)11(17)13(3)8-9-15/h15H,4-9H2,1-3H3,(H,12,16). The molecular weight excluding hydrogens is 222 g/mol. The lowest BCUT2D eigenvalue weighted by molar-refractivity contribution is -0.145. The molecule has 0 aliphatic heterocycles. The molecule has 2 N–H and O–H groups in total. The molecule has 0 aliphatic rings. The van der Waals surface area contributed by atoms with Crippen molar-refractivity contribution in [2.45, 2.75) is 13.8 Å². The van der Waals surface area contributed by atoms with E-state index in [9.17, 15) is 9.59 Å². The second kappa shape index (κ2) is 8.95. The first-order chi connectivity index (χ1) is 8.06. The number of carbonyl (C=O) groups is 2. The summed E-state index contributed by atoms with van der Waals surface area (Å²) in [6, 6.07) is 0. The monoisotopic (exact) mass is 245 g/mol. The first-order valence-electron chi connectivity index (χ1n) is 5.93. The van der Waals surface area contributed by atoms with Crippen LogP contribution in [0.2, 0.25) is 0 Å². The molecule has 0 saturated heterocycles. The Morgan fingerprint density at radius 3 is 2.24 bits per heavy atom. The second-order valence-electron chi connectivity index (χ2n) is 3.73. The number of nitrogens with one attached hydrogen (secondary N) is 1. The highest BCUT2D eigenvalue weighted by molar-refractivity contribution is 6.34. The van der Waals surface area contributed by atoms with E-state index >= 15 is 0 Å². The molecule has 0 aromatic heterocycles. The largest absolute Gasteiger partial charge is 0.395 e. The number of amides is 2. The summed E-state index contributed by atoms with van der Waals surface area (Å²) in [6.07, 6.45) is 0. The highest BCUT2D eigenvalue weighted by atomic mass is 16.3. The Balaban J connectivity index is 3.89. The van der Waals surface area contributed by atoms with Crippen LogP contribution in [0.25, 0.3) is 0 Å². The van der Waals surface area contributed by atoms with E-state index in [1.807, 2.05) is 13.8 Å². The summed E-state index contributed by atoms with van der Waals surface area (Å²) in [5.74, 6) is -1.23. The van der Waals surface area contributed by atoms with E-state index in [0.717, 1.165) is 19.6 Å². The van der Waals surface area contributed by atoms with Gasteiger partial charge < -0.3 is 20.2 Å². The highest BCUT2D eigenvalue weighted by Crippen LogP contribution is 1.86. The molecule has 100 valence electrons. The highest BCUT2D eigenvalue weighted by Gasteiger charge is 2.17. The van der Waals surface area contributed by atoms with Crippen molar-refractivity contribution in [2.24, 2.45) is 0 Å². The maximum Gasteiger partial charge on any atom is 0.311 e. The maximum atomic E-state index is 11.4. The second-order valence-corrected chi connectivity index (χ2v) is 3.73. The van der Waals surface area contributed by atoms with Crippen LogP contribution >= 0.6 is 0 Å². The Bertz CT molecular complexity index is 242. The molecule has 0 fully saturated rings. The number of carbonyl (C=O) groups excluding carboxylic acids is 2. The lowest BCUT2D eigenvalue weighted by Crippen LogP contribution is -2.44. The maximum absolute atomic E-state index is 11.4. The van der Waals surface area contributed by atoms with Crippen LogP contribution in [0, 0.1) is 0 Å². The van der Waals surface area contributed by atoms with Gasteiger partial charge in [0, 0.05) is 26.7 Å². The quantitative estimate of drug-likeness (QED) is 0.558. The molecule has 0 atom stereocenters. The summed E-state index contributed by atoms with van der Waals surface area (Å²) in [6.45, 7) is 7.15. The van der Waals surface area contributed by atoms with Gasteiger partial charge in [-0.15, -0.1) is 0 Å². The van der Waals surface area contributed by atoms with E-state index in [2.05, 4.69) is 10.2 Å². The minimum Gasteiger partial charge on any atom is -0.395 e. The van der Waals surface area contributed by atoms with Crippen LogP contribution in [0.15, 0.2) is 0 Å². The lowest BCUT2D eigenvalue weighted by Gasteiger charge is -2.19. The van der Waals surface area contributed by atoms with Crippen LogP contribution in [0.3, 0.4) is 0 Å². The Labute approximate surface area is 103 Å². The fourth-order valence-corrected chi connectivity index (χ4v) is 1.37. The summed E-state index contributed by atoms with van der Waals surface area (Å²) in [4.78, 5) is 26.2. The van der Waals surface area contributed by atoms with Crippen LogP contribution in [0.1, 0.15) is 13.8 Å². The molecule has 6 heteroatoms. The van der Waals surface area contributed by atoms with Gasteiger partial charge in [0.2, 0.25) is 0 Å². The predicted molar refractivity (Wildman–Crippen MR) is 65.5 cm³/mol. The van der Waals surface area contributed by atoms with Gasteiger partial charge in [0.25, 0.3) is 0 Å². The van der Waals surface area contributed by atoms with Gasteiger partial charge in [0.1, 0.15) is 0 Å². The van der Waals surface area contributed by atoms with Gasteiger partial charge in [-0.3, -0.25) is 9.59 Å². The zero-order chi connectivity index (χ0) is 13.3. The first kappa shape index (κ1) is 15.9. The van der Waals surface area contributed by atoms with E-state index in [-0.39, 0.29) is 13.2 Å². The van der Waals surface area contributed by atoms with Crippen molar-refractivity contribution in [3.63, 3.8) is 0 Å². The number of aliphatic hydroxyl groups is 1. The number of hydrogen-bond donors (Lipinski definition) is 2. The Morgan fingerprint density at radius 2 is 1.76 bits per heavy atom. The summed E-state index contributed by atoms with van der Waals surface area (Å²) in [5, 5.41) is 11.2. The average molecular weight is 245 g/mol. The summed E-state index contributed by atoms with van der Waals surface area (Å²) in [5.41, 5.74) is 0. The van der Waals surface area contributed by atoms with E-state index in [4.69, 9.17) is 5.11 Å². The normalized spacial score (nSPS) is 10.4. The molecular formula is C11H23N3O3. The molecule has 0 aromatic rings. The summed E-state index contributed by atoms with van der Waals surface area (Å²) < 4.78 is 0. The van der Waals surface area contributed by atoms with Crippen LogP contribution in [0.4, 0.5) is 0 Å². The third kappa shape index (κ3) is 6.23. The SMILES string of the molecule is CCN(CC)CCNC(=O)C(=O)N(C)CCO. The number of rotatable bonds is 7. The zero-order valence-corrected chi connectivity index (χ0v) is 10.9. The lowest BCUT2D eigenvalue weighted by atomic mass is 10.4. The van der Waals surface area contributed by atoms with Crippen molar-refractivity contribution in [3.05, 3.63) is 0 Å². The number of nitrogens with zero attached hydrogens (tertiary/aromatic N) is 2. The van der Waals surface area contributed by atoms with Crippen molar-refractivity contribution >= 4 is 11.8 Å². The van der Waals surface area contributed by atoms with Crippen molar-refractivity contribution in [2.75, 3.05) is 46.4 Å². The topological polar surface area (TPSA) is 72.9 Å². The summed E-state index contributed by atoms with van der Waals surface area (Å²) in [7, 11) is 1.49. The molecule has 0 spiro atoms. The minimum atomic E-state index is -0.617. The van der Waals surface area contributed by atoms with E-state index in [1.54, 1.807) is 0 Å². The molecule has 0 rings (SSSR count). The van der Waals surface area contributed by atoms with Crippen molar-refractivity contribution in [1.82, 2.24) is 15.1 Å². The Kier molecular flexibility index (Phi) is 8.35.